The van der Waals surface area contributed by atoms with Crippen molar-refractivity contribution in [2.24, 2.45) is 11.7 Å². The second kappa shape index (κ2) is 7.70. The summed E-state index contributed by atoms with van der Waals surface area (Å²) in [6.07, 6.45) is 0.307. The third-order valence-corrected chi connectivity index (χ3v) is 2.71. The van der Waals surface area contributed by atoms with Crippen LogP contribution in [0.3, 0.4) is 0 Å². The van der Waals surface area contributed by atoms with Crippen LogP contribution in [0.5, 0.6) is 0 Å². The summed E-state index contributed by atoms with van der Waals surface area (Å²) in [6, 6.07) is 7.59. The molecule has 2 unspecified atom stereocenters. The molecule has 0 aromatic heterocycles. The predicted molar refractivity (Wildman–Crippen MR) is 79.6 cm³/mol. The number of ether oxygens (including phenoxy) is 2. The first-order valence-electron chi connectivity index (χ1n) is 6.89. The van der Waals surface area contributed by atoms with Gasteiger partial charge < -0.3 is 20.0 Å². The molecule has 6 nitrogen and oxygen atoms in total. The van der Waals surface area contributed by atoms with Gasteiger partial charge in [-0.05, 0) is 26.3 Å². The Hall–Kier alpha value is -2.21. The van der Waals surface area contributed by atoms with E-state index in [1.807, 2.05) is 6.07 Å². The van der Waals surface area contributed by atoms with Crippen LogP contribution in [0.15, 0.2) is 30.3 Å². The van der Waals surface area contributed by atoms with Crippen LogP contribution < -0.4 is 5.73 Å². The van der Waals surface area contributed by atoms with Crippen molar-refractivity contribution in [2.45, 2.75) is 39.0 Å². The smallest absolute Gasteiger partial charge is 0.324 e. The number of carbonyl (C=O) groups excluding carboxylic acids is 3. The van der Waals surface area contributed by atoms with Crippen LogP contribution in [-0.2, 0) is 30.5 Å². The third kappa shape index (κ3) is 5.65. The van der Waals surface area contributed by atoms with Gasteiger partial charge in [0.1, 0.15) is 30.5 Å². The fourth-order valence-electron chi connectivity index (χ4n) is 1.63. The average molecular weight is 307 g/mol. The van der Waals surface area contributed by atoms with E-state index in [-0.39, 0.29) is 6.61 Å². The topological polar surface area (TPSA) is 95.7 Å². The quantitative estimate of drug-likeness (QED) is 0.482. The van der Waals surface area contributed by atoms with Gasteiger partial charge in [-0.1, -0.05) is 30.3 Å². The summed E-state index contributed by atoms with van der Waals surface area (Å²) in [5, 5.41) is 0. The zero-order valence-electron chi connectivity index (χ0n) is 12.9. The summed E-state index contributed by atoms with van der Waals surface area (Å²) in [6.45, 7) is 5.01. The molecule has 0 amide bonds. The van der Waals surface area contributed by atoms with Crippen molar-refractivity contribution in [3.8, 4) is 0 Å². The molecule has 2 atom stereocenters. The number of rotatable bonds is 6. The molecule has 0 aliphatic heterocycles. The van der Waals surface area contributed by atoms with Gasteiger partial charge in [-0.2, -0.15) is 0 Å². The zero-order valence-corrected chi connectivity index (χ0v) is 12.9. The van der Waals surface area contributed by atoms with E-state index in [1.165, 1.54) is 0 Å². The Kier molecular flexibility index (Phi) is 6.24. The molecule has 0 saturated carbocycles. The monoisotopic (exact) mass is 307 g/mol. The highest BCUT2D eigenvalue weighted by Gasteiger charge is 2.34. The lowest BCUT2D eigenvalue weighted by atomic mass is 10.0. The maximum atomic E-state index is 11.9. The second-order valence-corrected chi connectivity index (χ2v) is 5.81. The minimum atomic E-state index is -1.39. The zero-order chi connectivity index (χ0) is 16.8. The predicted octanol–water partition coefficient (Wildman–Crippen LogP) is 1.21. The Morgan fingerprint density at radius 1 is 1.18 bits per heavy atom. The SMILES string of the molecule is CC(C)(C)OC(=O)C(N)C(C=O)C(=O)OCc1ccccc1. The molecular weight excluding hydrogens is 286 g/mol. The molecule has 0 aliphatic carbocycles. The summed E-state index contributed by atoms with van der Waals surface area (Å²) >= 11 is 0. The van der Waals surface area contributed by atoms with Gasteiger partial charge in [-0.3, -0.25) is 9.59 Å². The van der Waals surface area contributed by atoms with E-state index in [9.17, 15) is 14.4 Å². The van der Waals surface area contributed by atoms with Crippen LogP contribution in [0.1, 0.15) is 26.3 Å². The first kappa shape index (κ1) is 17.8. The van der Waals surface area contributed by atoms with E-state index < -0.39 is 29.5 Å². The van der Waals surface area contributed by atoms with Crippen molar-refractivity contribution in [3.05, 3.63) is 35.9 Å². The highest BCUT2D eigenvalue weighted by molar-refractivity contribution is 5.95. The van der Waals surface area contributed by atoms with Crippen LogP contribution in [-0.4, -0.2) is 29.9 Å². The van der Waals surface area contributed by atoms with Crippen LogP contribution >= 0.6 is 0 Å². The van der Waals surface area contributed by atoms with E-state index >= 15 is 0 Å². The standard InChI is InChI=1S/C16H21NO5/c1-16(2,3)22-15(20)13(17)12(9-18)14(19)21-10-11-7-5-4-6-8-11/h4-9,12-13H,10,17H2,1-3H3. The minimum Gasteiger partial charge on any atom is -0.460 e. The van der Waals surface area contributed by atoms with Crippen molar-refractivity contribution >= 4 is 18.2 Å². The highest BCUT2D eigenvalue weighted by Crippen LogP contribution is 2.12. The van der Waals surface area contributed by atoms with Crippen LogP contribution in [0.2, 0.25) is 0 Å². The van der Waals surface area contributed by atoms with E-state index in [0.717, 1.165) is 5.56 Å². The maximum absolute atomic E-state index is 11.9. The third-order valence-electron chi connectivity index (χ3n) is 2.71. The van der Waals surface area contributed by atoms with E-state index in [0.29, 0.717) is 6.29 Å². The van der Waals surface area contributed by atoms with Gasteiger partial charge >= 0.3 is 11.9 Å². The largest absolute Gasteiger partial charge is 0.460 e. The molecule has 1 aromatic rings. The van der Waals surface area contributed by atoms with Crippen LogP contribution in [0, 0.1) is 5.92 Å². The molecule has 2 N–H and O–H groups in total. The molecule has 0 fully saturated rings. The van der Waals surface area contributed by atoms with Gasteiger partial charge in [-0.15, -0.1) is 0 Å². The molecule has 0 bridgehead atoms. The van der Waals surface area contributed by atoms with Crippen molar-refractivity contribution in [1.29, 1.82) is 0 Å². The van der Waals surface area contributed by atoms with E-state index in [2.05, 4.69) is 0 Å². The van der Waals surface area contributed by atoms with Gasteiger partial charge in [0, 0.05) is 0 Å². The lowest BCUT2D eigenvalue weighted by Crippen LogP contribution is -2.46. The van der Waals surface area contributed by atoms with Crippen molar-refractivity contribution in [2.75, 3.05) is 0 Å². The number of carbonyl (C=O) groups is 3. The first-order chi connectivity index (χ1) is 10.2. The molecule has 0 heterocycles. The fraction of sp³-hybridized carbons (Fsp3) is 0.438. The van der Waals surface area contributed by atoms with Crippen molar-refractivity contribution in [3.63, 3.8) is 0 Å². The Bertz CT molecular complexity index is 521. The number of hydrogen-bond acceptors (Lipinski definition) is 6. The second-order valence-electron chi connectivity index (χ2n) is 5.81. The average Bonchev–Trinajstić information content (AvgIpc) is 2.45. The van der Waals surface area contributed by atoms with E-state index in [1.54, 1.807) is 45.0 Å². The van der Waals surface area contributed by atoms with Crippen LogP contribution in [0.4, 0.5) is 0 Å². The normalized spacial score (nSPS) is 13.8. The summed E-state index contributed by atoms with van der Waals surface area (Å²) in [7, 11) is 0. The molecule has 1 aromatic carbocycles. The number of benzene rings is 1. The summed E-state index contributed by atoms with van der Waals surface area (Å²) in [5.41, 5.74) is 5.66. The molecule has 0 radical (unpaired) electrons. The van der Waals surface area contributed by atoms with E-state index in [4.69, 9.17) is 15.2 Å². The number of esters is 2. The van der Waals surface area contributed by atoms with Gasteiger partial charge in [-0.25, -0.2) is 0 Å². The lowest BCUT2D eigenvalue weighted by Gasteiger charge is -2.23. The van der Waals surface area contributed by atoms with Crippen molar-refractivity contribution in [1.82, 2.24) is 0 Å². The van der Waals surface area contributed by atoms with Crippen LogP contribution in [0.25, 0.3) is 0 Å². The Balaban J connectivity index is 2.63. The molecule has 1 rings (SSSR count). The molecular formula is C16H21NO5. The molecule has 22 heavy (non-hydrogen) atoms. The van der Waals surface area contributed by atoms with Gasteiger partial charge in [0.25, 0.3) is 0 Å². The molecule has 0 spiro atoms. The Morgan fingerprint density at radius 2 is 1.77 bits per heavy atom. The Labute approximate surface area is 129 Å². The highest BCUT2D eigenvalue weighted by atomic mass is 16.6. The summed E-state index contributed by atoms with van der Waals surface area (Å²) < 4.78 is 10.1. The first-order valence-corrected chi connectivity index (χ1v) is 6.89. The lowest BCUT2D eigenvalue weighted by molar-refractivity contribution is -0.164. The van der Waals surface area contributed by atoms with Gasteiger partial charge in [0.15, 0.2) is 0 Å². The number of nitrogens with two attached hydrogens (primary N) is 1. The summed E-state index contributed by atoms with van der Waals surface area (Å²) in [5.74, 6) is -3.06. The molecule has 0 aliphatic rings. The van der Waals surface area contributed by atoms with Crippen molar-refractivity contribution < 1.29 is 23.9 Å². The van der Waals surface area contributed by atoms with Gasteiger partial charge in [0.05, 0.1) is 0 Å². The molecule has 6 heteroatoms. The fourth-order valence-corrected chi connectivity index (χ4v) is 1.63. The number of aldehydes is 1. The number of hydrogen-bond donors (Lipinski definition) is 1. The molecule has 0 saturated heterocycles. The maximum Gasteiger partial charge on any atom is 0.324 e. The molecule has 120 valence electrons. The Morgan fingerprint density at radius 3 is 2.27 bits per heavy atom. The summed E-state index contributed by atoms with van der Waals surface area (Å²) in [4.78, 5) is 34.8. The minimum absolute atomic E-state index is 0.00501. The van der Waals surface area contributed by atoms with Gasteiger partial charge in [0.2, 0.25) is 0 Å².